The topological polar surface area (TPSA) is 69.7 Å². The van der Waals surface area contributed by atoms with Crippen molar-refractivity contribution in [3.63, 3.8) is 0 Å². The van der Waals surface area contributed by atoms with Crippen LogP contribution in [-0.4, -0.2) is 56.3 Å². The molecule has 7 heteroatoms. The van der Waals surface area contributed by atoms with Crippen molar-refractivity contribution in [1.82, 2.24) is 14.5 Å². The van der Waals surface area contributed by atoms with Crippen LogP contribution < -0.4 is 5.32 Å². The summed E-state index contributed by atoms with van der Waals surface area (Å²) in [7, 11) is -1.65. The molecule has 28 heavy (non-hydrogen) atoms. The molecule has 2 aromatic rings. The fourth-order valence-electron chi connectivity index (χ4n) is 3.48. The van der Waals surface area contributed by atoms with E-state index in [0.717, 1.165) is 6.54 Å². The highest BCUT2D eigenvalue weighted by Crippen LogP contribution is 2.26. The number of likely N-dealkylation sites (N-methyl/N-ethyl adjacent to an activating group) is 1. The van der Waals surface area contributed by atoms with E-state index in [1.54, 1.807) is 30.3 Å². The predicted molar refractivity (Wildman–Crippen MR) is 109 cm³/mol. The van der Waals surface area contributed by atoms with Crippen molar-refractivity contribution in [3.8, 4) is 0 Å². The molecule has 1 saturated heterocycles. The minimum Gasteiger partial charge on any atom is -0.353 e. The standard InChI is InChI=1S/C21H27N3O3S/c1-23(17-18-9-4-2-5-10-18)16-14-22-21(25)20-13-8-15-24(20)28(26,27)19-11-6-3-7-12-19/h2-7,9-12,20H,8,13-17H2,1H3,(H,22,25). The summed E-state index contributed by atoms with van der Waals surface area (Å²) in [5.41, 5.74) is 1.22. The third-order valence-corrected chi connectivity index (χ3v) is 6.87. The van der Waals surface area contributed by atoms with Gasteiger partial charge in [0.15, 0.2) is 0 Å². The number of nitrogens with one attached hydrogen (secondary N) is 1. The Bertz CT molecular complexity index is 872. The molecule has 0 aliphatic carbocycles. The summed E-state index contributed by atoms with van der Waals surface area (Å²) >= 11 is 0. The third kappa shape index (κ3) is 4.98. The summed E-state index contributed by atoms with van der Waals surface area (Å²) < 4.78 is 27.1. The fraction of sp³-hybridized carbons (Fsp3) is 0.381. The van der Waals surface area contributed by atoms with Gasteiger partial charge in [0.25, 0.3) is 0 Å². The van der Waals surface area contributed by atoms with Crippen molar-refractivity contribution in [2.75, 3.05) is 26.7 Å². The average Bonchev–Trinajstić information content (AvgIpc) is 3.20. The molecule has 1 aliphatic heterocycles. The summed E-state index contributed by atoms with van der Waals surface area (Å²) in [5, 5.41) is 2.91. The zero-order chi connectivity index (χ0) is 20.0. The molecule has 1 unspecified atom stereocenters. The van der Waals surface area contributed by atoms with Crippen molar-refractivity contribution >= 4 is 15.9 Å². The second-order valence-electron chi connectivity index (χ2n) is 7.10. The van der Waals surface area contributed by atoms with E-state index in [1.165, 1.54) is 9.87 Å². The van der Waals surface area contributed by atoms with Gasteiger partial charge in [-0.1, -0.05) is 48.5 Å². The van der Waals surface area contributed by atoms with Crippen LogP contribution in [0.25, 0.3) is 0 Å². The first-order chi connectivity index (χ1) is 13.5. The van der Waals surface area contributed by atoms with Gasteiger partial charge in [0.1, 0.15) is 6.04 Å². The molecule has 1 N–H and O–H groups in total. The highest BCUT2D eigenvalue weighted by atomic mass is 32.2. The number of benzene rings is 2. The summed E-state index contributed by atoms with van der Waals surface area (Å²) in [5.74, 6) is -0.217. The van der Waals surface area contributed by atoms with Crippen molar-refractivity contribution in [3.05, 3.63) is 66.2 Å². The van der Waals surface area contributed by atoms with Gasteiger partial charge in [-0.3, -0.25) is 4.79 Å². The van der Waals surface area contributed by atoms with Gasteiger partial charge in [-0.15, -0.1) is 0 Å². The van der Waals surface area contributed by atoms with E-state index in [-0.39, 0.29) is 10.8 Å². The Morgan fingerprint density at radius 2 is 1.75 bits per heavy atom. The molecule has 1 atom stereocenters. The molecular formula is C21H27N3O3S. The molecule has 0 spiro atoms. The minimum absolute atomic E-state index is 0.217. The summed E-state index contributed by atoms with van der Waals surface area (Å²) in [6.07, 6.45) is 1.25. The first kappa shape index (κ1) is 20.5. The van der Waals surface area contributed by atoms with Crippen LogP contribution in [0.1, 0.15) is 18.4 Å². The number of sulfonamides is 1. The second-order valence-corrected chi connectivity index (χ2v) is 8.99. The van der Waals surface area contributed by atoms with Crippen LogP contribution in [-0.2, 0) is 21.4 Å². The third-order valence-electron chi connectivity index (χ3n) is 4.94. The number of nitrogens with zero attached hydrogens (tertiary/aromatic N) is 2. The Balaban J connectivity index is 1.53. The molecule has 1 heterocycles. The fourth-order valence-corrected chi connectivity index (χ4v) is 5.16. The summed E-state index contributed by atoms with van der Waals surface area (Å²) in [6, 6.07) is 17.8. The summed E-state index contributed by atoms with van der Waals surface area (Å²) in [4.78, 5) is 15.0. The van der Waals surface area contributed by atoms with E-state index in [0.29, 0.717) is 32.5 Å². The molecule has 2 aromatic carbocycles. The van der Waals surface area contributed by atoms with Gasteiger partial charge in [-0.2, -0.15) is 4.31 Å². The Kier molecular flexibility index (Phi) is 6.83. The van der Waals surface area contributed by atoms with E-state index in [4.69, 9.17) is 0 Å². The number of carbonyl (C=O) groups is 1. The highest BCUT2D eigenvalue weighted by Gasteiger charge is 2.39. The SMILES string of the molecule is CN(CCNC(=O)C1CCCN1S(=O)(=O)c1ccccc1)Cc1ccccc1. The molecule has 0 saturated carbocycles. The molecule has 3 rings (SSSR count). The van der Waals surface area contributed by atoms with Gasteiger partial charge in [0, 0.05) is 26.2 Å². The maximum Gasteiger partial charge on any atom is 0.243 e. The van der Waals surface area contributed by atoms with E-state index in [1.807, 2.05) is 25.2 Å². The van der Waals surface area contributed by atoms with Gasteiger partial charge in [0.05, 0.1) is 4.90 Å². The highest BCUT2D eigenvalue weighted by molar-refractivity contribution is 7.89. The lowest BCUT2D eigenvalue weighted by Crippen LogP contribution is -2.47. The van der Waals surface area contributed by atoms with E-state index >= 15 is 0 Å². The molecule has 1 aliphatic rings. The number of carbonyl (C=O) groups excluding carboxylic acids is 1. The molecule has 1 fully saturated rings. The number of rotatable bonds is 8. The monoisotopic (exact) mass is 401 g/mol. The van der Waals surface area contributed by atoms with Crippen LogP contribution in [0, 0.1) is 0 Å². The predicted octanol–water partition coefficient (Wildman–Crippen LogP) is 2.09. The van der Waals surface area contributed by atoms with E-state index < -0.39 is 16.1 Å². The van der Waals surface area contributed by atoms with E-state index in [9.17, 15) is 13.2 Å². The molecule has 0 bridgehead atoms. The van der Waals surface area contributed by atoms with Crippen LogP contribution in [0.3, 0.4) is 0 Å². The maximum atomic E-state index is 12.9. The zero-order valence-electron chi connectivity index (χ0n) is 16.1. The molecule has 0 aromatic heterocycles. The van der Waals surface area contributed by atoms with Crippen molar-refractivity contribution in [2.24, 2.45) is 0 Å². The second kappa shape index (κ2) is 9.32. The Morgan fingerprint density at radius 1 is 1.11 bits per heavy atom. The Labute approximate surface area is 167 Å². The van der Waals surface area contributed by atoms with Gasteiger partial charge >= 0.3 is 0 Å². The Morgan fingerprint density at radius 3 is 2.43 bits per heavy atom. The van der Waals surface area contributed by atoms with Crippen LogP contribution in [0.4, 0.5) is 0 Å². The lowest BCUT2D eigenvalue weighted by atomic mass is 10.2. The lowest BCUT2D eigenvalue weighted by Gasteiger charge is -2.24. The lowest BCUT2D eigenvalue weighted by molar-refractivity contribution is -0.124. The van der Waals surface area contributed by atoms with E-state index in [2.05, 4.69) is 22.3 Å². The molecular weight excluding hydrogens is 374 g/mol. The molecule has 150 valence electrons. The van der Waals surface area contributed by atoms with Crippen LogP contribution in [0.2, 0.25) is 0 Å². The van der Waals surface area contributed by atoms with Crippen molar-refractivity contribution in [2.45, 2.75) is 30.3 Å². The van der Waals surface area contributed by atoms with Gasteiger partial charge in [0.2, 0.25) is 15.9 Å². The number of hydrogen-bond donors (Lipinski definition) is 1. The first-order valence-corrected chi connectivity index (χ1v) is 11.0. The average molecular weight is 402 g/mol. The molecule has 0 radical (unpaired) electrons. The zero-order valence-corrected chi connectivity index (χ0v) is 16.9. The molecule has 1 amide bonds. The van der Waals surface area contributed by atoms with Crippen LogP contribution in [0.5, 0.6) is 0 Å². The first-order valence-electron chi connectivity index (χ1n) is 9.55. The van der Waals surface area contributed by atoms with Crippen LogP contribution >= 0.6 is 0 Å². The normalized spacial score (nSPS) is 17.7. The Hall–Kier alpha value is -2.22. The van der Waals surface area contributed by atoms with Gasteiger partial charge < -0.3 is 10.2 Å². The van der Waals surface area contributed by atoms with Crippen LogP contribution in [0.15, 0.2) is 65.6 Å². The smallest absolute Gasteiger partial charge is 0.243 e. The quantitative estimate of drug-likeness (QED) is 0.735. The number of amides is 1. The largest absolute Gasteiger partial charge is 0.353 e. The van der Waals surface area contributed by atoms with Crippen molar-refractivity contribution < 1.29 is 13.2 Å². The summed E-state index contributed by atoms with van der Waals surface area (Å²) in [6.45, 7) is 2.36. The van der Waals surface area contributed by atoms with Gasteiger partial charge in [-0.25, -0.2) is 8.42 Å². The molecule has 6 nitrogen and oxygen atoms in total. The van der Waals surface area contributed by atoms with Crippen molar-refractivity contribution in [1.29, 1.82) is 0 Å². The van der Waals surface area contributed by atoms with Gasteiger partial charge in [-0.05, 0) is 37.6 Å². The minimum atomic E-state index is -3.65. The number of hydrogen-bond acceptors (Lipinski definition) is 4. The maximum absolute atomic E-state index is 12.9.